The van der Waals surface area contributed by atoms with Gasteiger partial charge in [-0.2, -0.15) is 4.31 Å². The highest BCUT2D eigenvalue weighted by atomic mass is 35.5. The van der Waals surface area contributed by atoms with Crippen molar-refractivity contribution in [1.29, 1.82) is 0 Å². The summed E-state index contributed by atoms with van der Waals surface area (Å²) in [4.78, 5) is 14.9. The summed E-state index contributed by atoms with van der Waals surface area (Å²) in [6.07, 6.45) is 0. The molecule has 4 rings (SSSR count). The molecule has 0 aliphatic carbocycles. The molecule has 3 aromatic rings. The lowest BCUT2D eigenvalue weighted by atomic mass is 10.1. The Labute approximate surface area is 193 Å². The molecule has 32 heavy (non-hydrogen) atoms. The first-order valence-corrected chi connectivity index (χ1v) is 12.3. The third kappa shape index (κ3) is 4.81. The van der Waals surface area contributed by atoms with Gasteiger partial charge in [0, 0.05) is 31.2 Å². The van der Waals surface area contributed by atoms with E-state index in [4.69, 9.17) is 16.3 Å². The Morgan fingerprint density at radius 3 is 2.50 bits per heavy atom. The van der Waals surface area contributed by atoms with Gasteiger partial charge < -0.3 is 4.74 Å². The van der Waals surface area contributed by atoms with Gasteiger partial charge in [0.2, 0.25) is 10.0 Å². The van der Waals surface area contributed by atoms with Crippen LogP contribution in [0.15, 0.2) is 71.6 Å². The Hall–Kier alpha value is -2.45. The van der Waals surface area contributed by atoms with Gasteiger partial charge in [-0.25, -0.2) is 8.42 Å². The van der Waals surface area contributed by atoms with Crippen LogP contribution < -0.4 is 0 Å². The summed E-state index contributed by atoms with van der Waals surface area (Å²) in [5, 5.41) is 2.26. The second-order valence-corrected chi connectivity index (χ2v) is 10.1. The van der Waals surface area contributed by atoms with Crippen LogP contribution in [0.2, 0.25) is 5.02 Å². The van der Waals surface area contributed by atoms with Gasteiger partial charge in [-0.1, -0.05) is 54.1 Å². The first kappa shape index (κ1) is 22.7. The van der Waals surface area contributed by atoms with Crippen LogP contribution in [0, 0.1) is 0 Å². The molecule has 0 N–H and O–H groups in total. The highest BCUT2D eigenvalue weighted by Gasteiger charge is 2.38. The number of rotatable bonds is 6. The lowest BCUT2D eigenvalue weighted by molar-refractivity contribution is -0.151. The SMILES string of the molecule is CCOC(=O)C1CN(S(=O)(=O)c2ccc3cc(Cl)ccc3c2)CCN1Cc1ccccc1. The van der Waals surface area contributed by atoms with E-state index >= 15 is 0 Å². The first-order chi connectivity index (χ1) is 15.4. The number of fused-ring (bicyclic) bond motifs is 1. The van der Waals surface area contributed by atoms with E-state index in [0.29, 0.717) is 24.7 Å². The van der Waals surface area contributed by atoms with Gasteiger partial charge in [0.1, 0.15) is 6.04 Å². The number of piperazine rings is 1. The first-order valence-electron chi connectivity index (χ1n) is 10.5. The summed E-state index contributed by atoms with van der Waals surface area (Å²) in [7, 11) is -3.78. The Balaban J connectivity index is 1.59. The summed E-state index contributed by atoms with van der Waals surface area (Å²) in [5.41, 5.74) is 1.06. The molecule has 8 heteroatoms. The molecule has 0 amide bonds. The van der Waals surface area contributed by atoms with Crippen molar-refractivity contribution in [2.45, 2.75) is 24.4 Å². The van der Waals surface area contributed by atoms with Crippen LogP contribution in [0.5, 0.6) is 0 Å². The highest BCUT2D eigenvalue weighted by Crippen LogP contribution is 2.26. The van der Waals surface area contributed by atoms with Crippen LogP contribution in [0.1, 0.15) is 12.5 Å². The predicted octanol–water partition coefficient (Wildman–Crippen LogP) is 3.93. The Bertz CT molecular complexity index is 1220. The molecule has 0 aromatic heterocycles. The molecule has 0 spiro atoms. The summed E-state index contributed by atoms with van der Waals surface area (Å²) in [6.45, 7) is 3.32. The third-order valence-corrected chi connectivity index (χ3v) is 7.75. The number of ether oxygens (including phenoxy) is 1. The number of hydrogen-bond donors (Lipinski definition) is 0. The zero-order valence-corrected chi connectivity index (χ0v) is 19.3. The van der Waals surface area contributed by atoms with E-state index in [1.165, 1.54) is 4.31 Å². The Morgan fingerprint density at radius 1 is 1.03 bits per heavy atom. The molecular formula is C24H25ClN2O4S. The number of carbonyl (C=O) groups is 1. The largest absolute Gasteiger partial charge is 0.465 e. The molecule has 1 fully saturated rings. The molecule has 168 valence electrons. The predicted molar refractivity (Wildman–Crippen MR) is 125 cm³/mol. The van der Waals surface area contributed by atoms with E-state index in [0.717, 1.165) is 16.3 Å². The average molecular weight is 473 g/mol. The quantitative estimate of drug-likeness (QED) is 0.508. The fraction of sp³-hybridized carbons (Fsp3) is 0.292. The van der Waals surface area contributed by atoms with Crippen molar-refractivity contribution in [3.8, 4) is 0 Å². The minimum Gasteiger partial charge on any atom is -0.465 e. The van der Waals surface area contributed by atoms with E-state index < -0.39 is 22.0 Å². The van der Waals surface area contributed by atoms with Crippen LogP contribution >= 0.6 is 11.6 Å². The maximum atomic E-state index is 13.4. The minimum absolute atomic E-state index is 0.0483. The van der Waals surface area contributed by atoms with Crippen LogP contribution in [0.3, 0.4) is 0 Å². The number of nitrogens with zero attached hydrogens (tertiary/aromatic N) is 2. The van der Waals surface area contributed by atoms with Crippen molar-refractivity contribution in [3.05, 3.63) is 77.3 Å². The van der Waals surface area contributed by atoms with Crippen molar-refractivity contribution in [2.24, 2.45) is 0 Å². The van der Waals surface area contributed by atoms with Gasteiger partial charge in [-0.05, 0) is 47.5 Å². The van der Waals surface area contributed by atoms with Crippen molar-refractivity contribution in [1.82, 2.24) is 9.21 Å². The molecule has 6 nitrogen and oxygen atoms in total. The van der Waals surface area contributed by atoms with E-state index in [1.807, 2.05) is 35.2 Å². The monoisotopic (exact) mass is 472 g/mol. The molecule has 1 atom stereocenters. The second kappa shape index (κ2) is 9.58. The lowest BCUT2D eigenvalue weighted by Gasteiger charge is -2.39. The van der Waals surface area contributed by atoms with Crippen LogP contribution in [0.4, 0.5) is 0 Å². The summed E-state index contributed by atoms with van der Waals surface area (Å²) < 4.78 is 33.5. The molecule has 3 aromatic carbocycles. The number of hydrogen-bond acceptors (Lipinski definition) is 5. The zero-order chi connectivity index (χ0) is 22.7. The molecule has 1 aliphatic heterocycles. The maximum Gasteiger partial charge on any atom is 0.324 e. The fourth-order valence-electron chi connectivity index (χ4n) is 3.99. The number of halogens is 1. The Morgan fingerprint density at radius 2 is 1.75 bits per heavy atom. The fourth-order valence-corrected chi connectivity index (χ4v) is 5.64. The van der Waals surface area contributed by atoms with Crippen LogP contribution in [-0.2, 0) is 26.1 Å². The van der Waals surface area contributed by atoms with Gasteiger partial charge in [0.15, 0.2) is 0 Å². The van der Waals surface area contributed by atoms with Gasteiger partial charge in [0.25, 0.3) is 0 Å². The molecular weight excluding hydrogens is 448 g/mol. The smallest absolute Gasteiger partial charge is 0.324 e. The van der Waals surface area contributed by atoms with Crippen molar-refractivity contribution in [2.75, 3.05) is 26.2 Å². The summed E-state index contributed by atoms with van der Waals surface area (Å²) >= 11 is 6.04. The van der Waals surface area contributed by atoms with Crippen LogP contribution in [-0.4, -0.2) is 55.9 Å². The number of sulfonamides is 1. The lowest BCUT2D eigenvalue weighted by Crippen LogP contribution is -2.57. The molecule has 1 saturated heterocycles. The normalized spacial score (nSPS) is 18.0. The highest BCUT2D eigenvalue weighted by molar-refractivity contribution is 7.89. The van der Waals surface area contributed by atoms with E-state index in [-0.39, 0.29) is 18.0 Å². The van der Waals surface area contributed by atoms with Crippen LogP contribution in [0.25, 0.3) is 10.8 Å². The number of esters is 1. The van der Waals surface area contributed by atoms with Gasteiger partial charge in [0.05, 0.1) is 11.5 Å². The molecule has 0 bridgehead atoms. The van der Waals surface area contributed by atoms with Gasteiger partial charge in [-0.3, -0.25) is 9.69 Å². The van der Waals surface area contributed by atoms with E-state index in [2.05, 4.69) is 0 Å². The topological polar surface area (TPSA) is 66.9 Å². The molecule has 1 aliphatic rings. The Kier molecular flexibility index (Phi) is 6.81. The van der Waals surface area contributed by atoms with E-state index in [1.54, 1.807) is 43.3 Å². The number of benzene rings is 3. The van der Waals surface area contributed by atoms with Crippen molar-refractivity contribution >= 4 is 38.4 Å². The summed E-state index contributed by atoms with van der Waals surface area (Å²) in [6, 6.07) is 19.5. The molecule has 0 radical (unpaired) electrons. The molecule has 1 unspecified atom stereocenters. The minimum atomic E-state index is -3.78. The standard InChI is InChI=1S/C24H25ClN2O4S/c1-2-31-24(28)23-17-27(13-12-26(23)16-18-6-4-3-5-7-18)32(29,30)22-11-9-19-14-21(25)10-8-20(19)15-22/h3-11,14-15,23H,2,12-13,16-17H2,1H3. The summed E-state index contributed by atoms with van der Waals surface area (Å²) in [5.74, 6) is -0.406. The zero-order valence-electron chi connectivity index (χ0n) is 17.8. The average Bonchev–Trinajstić information content (AvgIpc) is 2.79. The second-order valence-electron chi connectivity index (χ2n) is 7.74. The van der Waals surface area contributed by atoms with E-state index in [9.17, 15) is 13.2 Å². The van der Waals surface area contributed by atoms with Crippen molar-refractivity contribution in [3.63, 3.8) is 0 Å². The number of carbonyl (C=O) groups excluding carboxylic acids is 1. The van der Waals surface area contributed by atoms with Crippen molar-refractivity contribution < 1.29 is 17.9 Å². The molecule has 0 saturated carbocycles. The van der Waals surface area contributed by atoms with Gasteiger partial charge in [-0.15, -0.1) is 0 Å². The third-order valence-electron chi connectivity index (χ3n) is 5.65. The molecule has 1 heterocycles. The maximum absolute atomic E-state index is 13.4. The van der Waals surface area contributed by atoms with Gasteiger partial charge >= 0.3 is 5.97 Å².